The fourth-order valence-corrected chi connectivity index (χ4v) is 3.80. The van der Waals surface area contributed by atoms with Crippen molar-refractivity contribution >= 4 is 41.3 Å². The largest absolute Gasteiger partial charge is 0.370 e. The molecule has 3 rings (SSSR count). The predicted molar refractivity (Wildman–Crippen MR) is 105 cm³/mol. The molecule has 1 aromatic rings. The molecular weight excluding hydrogens is 407 g/mol. The molecule has 22 heavy (non-hydrogen) atoms. The Morgan fingerprint density at radius 1 is 1.45 bits per heavy atom. The smallest absolute Gasteiger partial charge is 0.191 e. The van der Waals surface area contributed by atoms with Crippen LogP contribution in [0.15, 0.2) is 22.5 Å². The molecule has 1 atom stereocenters. The fourth-order valence-electron chi connectivity index (χ4n) is 3.05. The van der Waals surface area contributed by atoms with Crippen LogP contribution in [0.25, 0.3) is 0 Å². The number of nitrogens with zero attached hydrogens (tertiary/aromatic N) is 3. The Hall–Kier alpha value is -0.340. The molecule has 1 aliphatic carbocycles. The normalized spacial score (nSPS) is 23.1. The number of hydrogen-bond donors (Lipinski definition) is 1. The topological polar surface area (TPSA) is 44.9 Å². The third-order valence-electron chi connectivity index (χ3n) is 4.53. The first-order chi connectivity index (χ1) is 10.2. The Labute approximate surface area is 154 Å². The van der Waals surface area contributed by atoms with Gasteiger partial charge in [-0.2, -0.15) is 0 Å². The van der Waals surface area contributed by atoms with E-state index in [1.54, 1.807) is 0 Å². The number of hydrogen-bond acceptors (Lipinski definition) is 3. The highest BCUT2D eigenvalue weighted by Gasteiger charge is 2.27. The molecule has 0 aromatic carbocycles. The van der Waals surface area contributed by atoms with E-state index in [1.165, 1.54) is 37.1 Å². The van der Waals surface area contributed by atoms with Gasteiger partial charge in [-0.05, 0) is 49.6 Å². The van der Waals surface area contributed by atoms with Crippen molar-refractivity contribution in [1.82, 2.24) is 9.80 Å². The molecule has 0 radical (unpaired) electrons. The van der Waals surface area contributed by atoms with Crippen LogP contribution in [0, 0.1) is 5.92 Å². The molecule has 2 aliphatic rings. The Kier molecular flexibility index (Phi) is 6.95. The standard InChI is InChI=1S/C16H26N4S.HI/c1-19(14-6-7-14)16(17)18-10-13-4-2-8-20(11-13)12-15-5-3-9-21-15;/h3,5,9,13-14H,2,4,6-8,10-12H2,1H3,(H2,17,18);1H. The lowest BCUT2D eigenvalue weighted by atomic mass is 9.98. The zero-order chi connectivity index (χ0) is 14.7. The molecule has 1 aromatic heterocycles. The third kappa shape index (κ3) is 5.09. The van der Waals surface area contributed by atoms with Gasteiger partial charge in [0.2, 0.25) is 0 Å². The lowest BCUT2D eigenvalue weighted by Gasteiger charge is -2.31. The van der Waals surface area contributed by atoms with Crippen molar-refractivity contribution in [3.8, 4) is 0 Å². The Bertz CT molecular complexity index is 473. The van der Waals surface area contributed by atoms with E-state index < -0.39 is 0 Å². The Morgan fingerprint density at radius 2 is 2.27 bits per heavy atom. The van der Waals surface area contributed by atoms with Gasteiger partial charge in [0.15, 0.2) is 5.96 Å². The number of halogens is 1. The summed E-state index contributed by atoms with van der Waals surface area (Å²) in [6, 6.07) is 5.02. The van der Waals surface area contributed by atoms with E-state index in [4.69, 9.17) is 5.73 Å². The number of piperidine rings is 1. The summed E-state index contributed by atoms with van der Waals surface area (Å²) in [5, 5.41) is 2.16. The molecule has 1 saturated heterocycles. The first-order valence-electron chi connectivity index (χ1n) is 8.00. The number of aliphatic imine (C=N–C) groups is 1. The summed E-state index contributed by atoms with van der Waals surface area (Å²) >= 11 is 1.85. The predicted octanol–water partition coefficient (Wildman–Crippen LogP) is 2.99. The van der Waals surface area contributed by atoms with Crippen LogP contribution in [-0.4, -0.2) is 48.5 Å². The van der Waals surface area contributed by atoms with Crippen LogP contribution in [0.3, 0.4) is 0 Å². The summed E-state index contributed by atoms with van der Waals surface area (Å²) in [5.41, 5.74) is 6.08. The first-order valence-corrected chi connectivity index (χ1v) is 8.88. The molecule has 1 saturated carbocycles. The zero-order valence-electron chi connectivity index (χ0n) is 13.3. The number of likely N-dealkylation sites (tertiary alicyclic amines) is 1. The molecule has 2 N–H and O–H groups in total. The molecule has 0 bridgehead atoms. The van der Waals surface area contributed by atoms with Gasteiger partial charge in [-0.15, -0.1) is 35.3 Å². The number of thiophene rings is 1. The van der Waals surface area contributed by atoms with Crippen molar-refractivity contribution in [2.45, 2.75) is 38.3 Å². The zero-order valence-corrected chi connectivity index (χ0v) is 16.4. The van der Waals surface area contributed by atoms with Gasteiger partial charge in [-0.25, -0.2) is 0 Å². The average Bonchev–Trinajstić information content (AvgIpc) is 3.23. The minimum atomic E-state index is 0. The van der Waals surface area contributed by atoms with Gasteiger partial charge >= 0.3 is 0 Å². The van der Waals surface area contributed by atoms with Gasteiger partial charge in [-0.3, -0.25) is 9.89 Å². The quantitative estimate of drug-likeness (QED) is 0.440. The second kappa shape index (κ2) is 8.49. The van der Waals surface area contributed by atoms with E-state index in [0.29, 0.717) is 12.0 Å². The minimum absolute atomic E-state index is 0. The maximum atomic E-state index is 6.08. The van der Waals surface area contributed by atoms with Gasteiger partial charge in [0.05, 0.1) is 0 Å². The van der Waals surface area contributed by atoms with Gasteiger partial charge in [0.25, 0.3) is 0 Å². The summed E-state index contributed by atoms with van der Waals surface area (Å²) in [5.74, 6) is 1.39. The van der Waals surface area contributed by atoms with Gasteiger partial charge in [-0.1, -0.05) is 6.07 Å². The van der Waals surface area contributed by atoms with Gasteiger partial charge < -0.3 is 10.6 Å². The van der Waals surface area contributed by atoms with E-state index in [2.05, 4.69) is 39.4 Å². The van der Waals surface area contributed by atoms with E-state index in [0.717, 1.165) is 25.6 Å². The second-order valence-corrected chi connectivity index (χ2v) is 7.40. The van der Waals surface area contributed by atoms with E-state index in [-0.39, 0.29) is 24.0 Å². The summed E-state index contributed by atoms with van der Waals surface area (Å²) < 4.78 is 0. The Morgan fingerprint density at radius 3 is 2.95 bits per heavy atom. The van der Waals surface area contributed by atoms with Gasteiger partial charge in [0, 0.05) is 37.6 Å². The maximum absolute atomic E-state index is 6.08. The van der Waals surface area contributed by atoms with Crippen molar-refractivity contribution in [3.05, 3.63) is 22.4 Å². The van der Waals surface area contributed by atoms with Crippen LogP contribution < -0.4 is 5.73 Å². The van der Waals surface area contributed by atoms with Crippen molar-refractivity contribution in [1.29, 1.82) is 0 Å². The number of guanidine groups is 1. The van der Waals surface area contributed by atoms with Crippen molar-refractivity contribution in [3.63, 3.8) is 0 Å². The molecule has 1 aliphatic heterocycles. The SMILES string of the molecule is CN(C(N)=NCC1CCCN(Cc2cccs2)C1)C1CC1.I. The molecule has 1 unspecified atom stereocenters. The van der Waals surface area contributed by atoms with Crippen molar-refractivity contribution in [2.75, 3.05) is 26.7 Å². The fraction of sp³-hybridized carbons (Fsp3) is 0.688. The lowest BCUT2D eigenvalue weighted by molar-refractivity contribution is 0.172. The maximum Gasteiger partial charge on any atom is 0.191 e. The Balaban J connectivity index is 0.00000176. The number of rotatable bonds is 5. The molecule has 2 heterocycles. The number of nitrogens with two attached hydrogens (primary N) is 1. The highest BCUT2D eigenvalue weighted by molar-refractivity contribution is 14.0. The molecule has 6 heteroatoms. The highest BCUT2D eigenvalue weighted by Crippen LogP contribution is 2.25. The second-order valence-electron chi connectivity index (χ2n) is 6.36. The molecular formula is C16H27IN4S. The van der Waals surface area contributed by atoms with Crippen LogP contribution >= 0.6 is 35.3 Å². The van der Waals surface area contributed by atoms with Crippen LogP contribution in [-0.2, 0) is 6.54 Å². The van der Waals surface area contributed by atoms with Crippen LogP contribution in [0.1, 0.15) is 30.6 Å². The monoisotopic (exact) mass is 434 g/mol. The van der Waals surface area contributed by atoms with E-state index in [1.807, 2.05) is 11.3 Å². The lowest BCUT2D eigenvalue weighted by Crippen LogP contribution is -2.38. The first kappa shape index (κ1) is 18.0. The van der Waals surface area contributed by atoms with Crippen LogP contribution in [0.5, 0.6) is 0 Å². The third-order valence-corrected chi connectivity index (χ3v) is 5.39. The van der Waals surface area contributed by atoms with Crippen LogP contribution in [0.2, 0.25) is 0 Å². The summed E-state index contributed by atoms with van der Waals surface area (Å²) in [4.78, 5) is 10.8. The van der Waals surface area contributed by atoms with E-state index >= 15 is 0 Å². The molecule has 2 fully saturated rings. The molecule has 0 spiro atoms. The van der Waals surface area contributed by atoms with E-state index in [9.17, 15) is 0 Å². The van der Waals surface area contributed by atoms with Crippen LogP contribution in [0.4, 0.5) is 0 Å². The average molecular weight is 434 g/mol. The summed E-state index contributed by atoms with van der Waals surface area (Å²) in [7, 11) is 2.07. The summed E-state index contributed by atoms with van der Waals surface area (Å²) in [6.07, 6.45) is 5.10. The molecule has 0 amide bonds. The molecule has 124 valence electrons. The minimum Gasteiger partial charge on any atom is -0.370 e. The van der Waals surface area contributed by atoms with Crippen molar-refractivity contribution < 1.29 is 0 Å². The summed E-state index contributed by atoms with van der Waals surface area (Å²) in [6.45, 7) is 4.34. The molecule has 4 nitrogen and oxygen atoms in total. The van der Waals surface area contributed by atoms with Gasteiger partial charge in [0.1, 0.15) is 0 Å². The highest BCUT2D eigenvalue weighted by atomic mass is 127. The van der Waals surface area contributed by atoms with Crippen molar-refractivity contribution in [2.24, 2.45) is 16.6 Å².